The number of aryl methyl sites for hydroxylation is 1. The van der Waals surface area contributed by atoms with Crippen molar-refractivity contribution in [3.05, 3.63) is 76.2 Å². The van der Waals surface area contributed by atoms with Gasteiger partial charge in [-0.15, -0.1) is 0 Å². The average Bonchev–Trinajstić information content (AvgIpc) is 3.38. The van der Waals surface area contributed by atoms with Gasteiger partial charge in [-0.3, -0.25) is 9.59 Å². The number of furan rings is 1. The Kier molecular flexibility index (Phi) is 6.08. The predicted octanol–water partition coefficient (Wildman–Crippen LogP) is 3.66. The zero-order chi connectivity index (χ0) is 22.0. The van der Waals surface area contributed by atoms with E-state index in [2.05, 4.69) is 10.4 Å². The third-order valence-corrected chi connectivity index (χ3v) is 5.77. The van der Waals surface area contributed by atoms with Gasteiger partial charge in [-0.1, -0.05) is 23.7 Å². The van der Waals surface area contributed by atoms with E-state index >= 15 is 0 Å². The van der Waals surface area contributed by atoms with Gasteiger partial charge < -0.3 is 14.6 Å². The smallest absolute Gasteiger partial charge is 0.289 e. The first kappa shape index (κ1) is 21.1. The highest BCUT2D eigenvalue weighted by atomic mass is 35.5. The topological polar surface area (TPSA) is 80.4 Å². The van der Waals surface area contributed by atoms with Crippen LogP contribution < -0.4 is 5.32 Å². The highest BCUT2D eigenvalue weighted by Crippen LogP contribution is 2.22. The van der Waals surface area contributed by atoms with Crippen molar-refractivity contribution in [3.63, 3.8) is 0 Å². The Balaban J connectivity index is 1.37. The number of likely N-dealkylation sites (tertiary alicyclic amines) is 1. The number of nitrogens with zero attached hydrogens (tertiary/aromatic N) is 3. The van der Waals surface area contributed by atoms with Crippen molar-refractivity contribution >= 4 is 23.4 Å². The molecule has 4 rings (SSSR count). The molecule has 0 spiro atoms. The molecule has 162 valence electrons. The molecule has 0 bridgehead atoms. The Morgan fingerprint density at radius 1 is 1.23 bits per heavy atom. The monoisotopic (exact) mass is 444 g/mol. The molecule has 1 aliphatic rings. The van der Waals surface area contributed by atoms with Gasteiger partial charge in [-0.2, -0.15) is 5.10 Å². The van der Waals surface area contributed by atoms with Gasteiger partial charge in [0, 0.05) is 19.1 Å². The summed E-state index contributed by atoms with van der Waals surface area (Å²) in [7, 11) is 0. The van der Waals surface area contributed by atoms with Crippen molar-refractivity contribution in [2.75, 3.05) is 13.1 Å². The normalized spacial score (nSPS) is 14.6. The molecule has 1 aliphatic heterocycles. The molecular formula is C22H22ClFN4O3. The first-order valence-electron chi connectivity index (χ1n) is 10.0. The summed E-state index contributed by atoms with van der Waals surface area (Å²) in [6, 6.07) is 9.31. The Labute approximate surface area is 183 Å². The molecule has 0 unspecified atom stereocenters. The van der Waals surface area contributed by atoms with Gasteiger partial charge in [0.2, 0.25) is 0 Å². The van der Waals surface area contributed by atoms with E-state index in [-0.39, 0.29) is 28.8 Å². The first-order valence-corrected chi connectivity index (χ1v) is 10.4. The van der Waals surface area contributed by atoms with E-state index in [1.807, 2.05) is 0 Å². The Bertz CT molecular complexity index is 1070. The number of halogens is 2. The lowest BCUT2D eigenvalue weighted by Gasteiger charge is -2.31. The van der Waals surface area contributed by atoms with Crippen molar-refractivity contribution in [2.24, 2.45) is 0 Å². The molecule has 0 atom stereocenters. The van der Waals surface area contributed by atoms with Gasteiger partial charge >= 0.3 is 0 Å². The van der Waals surface area contributed by atoms with Crippen molar-refractivity contribution in [2.45, 2.75) is 32.4 Å². The van der Waals surface area contributed by atoms with Crippen LogP contribution >= 0.6 is 11.6 Å². The van der Waals surface area contributed by atoms with Crippen molar-refractivity contribution < 1.29 is 18.4 Å². The fourth-order valence-corrected chi connectivity index (χ4v) is 4.04. The van der Waals surface area contributed by atoms with Crippen LogP contribution in [0.2, 0.25) is 5.15 Å². The van der Waals surface area contributed by atoms with E-state index in [9.17, 15) is 14.0 Å². The largest absolute Gasteiger partial charge is 0.459 e. The Morgan fingerprint density at radius 3 is 2.58 bits per heavy atom. The van der Waals surface area contributed by atoms with Gasteiger partial charge in [0.1, 0.15) is 11.0 Å². The average molecular weight is 445 g/mol. The third-order valence-electron chi connectivity index (χ3n) is 5.39. The van der Waals surface area contributed by atoms with E-state index in [4.69, 9.17) is 16.0 Å². The van der Waals surface area contributed by atoms with E-state index < -0.39 is 0 Å². The SMILES string of the molecule is Cc1nn(Cc2ccc(F)cc2)c(Cl)c1C(=O)NC1CCN(C(=O)c2ccco2)CC1. The molecule has 31 heavy (non-hydrogen) atoms. The lowest BCUT2D eigenvalue weighted by Crippen LogP contribution is -2.46. The second-order valence-corrected chi connectivity index (χ2v) is 7.91. The van der Waals surface area contributed by atoms with E-state index in [0.29, 0.717) is 49.5 Å². The Hall–Kier alpha value is -3.13. The quantitative estimate of drug-likeness (QED) is 0.651. The van der Waals surface area contributed by atoms with E-state index in [1.54, 1.807) is 36.1 Å². The van der Waals surface area contributed by atoms with Gasteiger partial charge in [0.25, 0.3) is 11.8 Å². The molecular weight excluding hydrogens is 423 g/mol. The standard InChI is InChI=1S/C22H22ClFN4O3/c1-14-19(20(23)28(26-14)13-15-4-6-16(24)7-5-15)21(29)25-17-8-10-27(11-9-17)22(30)18-3-2-12-31-18/h2-7,12,17H,8-11,13H2,1H3,(H,25,29). The van der Waals surface area contributed by atoms with Crippen LogP contribution in [0.4, 0.5) is 4.39 Å². The molecule has 7 nitrogen and oxygen atoms in total. The number of piperidine rings is 1. The molecule has 1 N–H and O–H groups in total. The fraction of sp³-hybridized carbons (Fsp3) is 0.318. The summed E-state index contributed by atoms with van der Waals surface area (Å²) in [5, 5.41) is 7.62. The minimum atomic E-state index is -0.316. The van der Waals surface area contributed by atoms with Crippen molar-refractivity contribution in [3.8, 4) is 0 Å². The molecule has 0 aliphatic carbocycles. The summed E-state index contributed by atoms with van der Waals surface area (Å²) in [5.41, 5.74) is 1.68. The van der Waals surface area contributed by atoms with Crippen molar-refractivity contribution in [1.29, 1.82) is 0 Å². The number of rotatable bonds is 5. The van der Waals surface area contributed by atoms with Gasteiger partial charge in [0.15, 0.2) is 5.76 Å². The number of carbonyl (C=O) groups is 2. The van der Waals surface area contributed by atoms with Crippen molar-refractivity contribution in [1.82, 2.24) is 20.0 Å². The molecule has 0 saturated carbocycles. The van der Waals surface area contributed by atoms with Crippen LogP contribution in [0.25, 0.3) is 0 Å². The molecule has 0 radical (unpaired) electrons. The summed E-state index contributed by atoms with van der Waals surface area (Å²) < 4.78 is 19.8. The van der Waals surface area contributed by atoms with E-state index in [0.717, 1.165) is 5.56 Å². The molecule has 1 fully saturated rings. The number of aromatic nitrogens is 2. The zero-order valence-corrected chi connectivity index (χ0v) is 17.7. The summed E-state index contributed by atoms with van der Waals surface area (Å²) in [5.74, 6) is -0.429. The number of carbonyl (C=O) groups excluding carboxylic acids is 2. The molecule has 3 heterocycles. The molecule has 1 aromatic carbocycles. The Morgan fingerprint density at radius 2 is 1.94 bits per heavy atom. The van der Waals surface area contributed by atoms with Crippen LogP contribution in [-0.2, 0) is 6.54 Å². The van der Waals surface area contributed by atoms with Crippen LogP contribution in [-0.4, -0.2) is 45.6 Å². The fourth-order valence-electron chi connectivity index (χ4n) is 3.72. The molecule has 2 aromatic heterocycles. The highest BCUT2D eigenvalue weighted by Gasteiger charge is 2.28. The lowest BCUT2D eigenvalue weighted by molar-refractivity contribution is 0.0667. The third kappa shape index (κ3) is 4.64. The van der Waals surface area contributed by atoms with Gasteiger partial charge in [-0.05, 0) is 49.6 Å². The summed E-state index contributed by atoms with van der Waals surface area (Å²) >= 11 is 6.45. The maximum absolute atomic E-state index is 13.1. The second kappa shape index (κ2) is 8.93. The number of nitrogens with one attached hydrogen (secondary N) is 1. The molecule has 1 saturated heterocycles. The van der Waals surface area contributed by atoms with Crippen LogP contribution in [0.3, 0.4) is 0 Å². The zero-order valence-electron chi connectivity index (χ0n) is 17.0. The van der Waals surface area contributed by atoms with Crippen LogP contribution in [0.15, 0.2) is 47.1 Å². The lowest BCUT2D eigenvalue weighted by atomic mass is 10.0. The van der Waals surface area contributed by atoms with Gasteiger partial charge in [-0.25, -0.2) is 9.07 Å². The van der Waals surface area contributed by atoms with Crippen LogP contribution in [0, 0.1) is 12.7 Å². The second-order valence-electron chi connectivity index (χ2n) is 7.55. The molecule has 3 aromatic rings. The summed E-state index contributed by atoms with van der Waals surface area (Å²) in [6.07, 6.45) is 2.75. The minimum absolute atomic E-state index is 0.0657. The van der Waals surface area contributed by atoms with Crippen LogP contribution in [0.5, 0.6) is 0 Å². The highest BCUT2D eigenvalue weighted by molar-refractivity contribution is 6.33. The van der Waals surface area contributed by atoms with E-state index in [1.165, 1.54) is 23.1 Å². The minimum Gasteiger partial charge on any atom is -0.459 e. The van der Waals surface area contributed by atoms with Crippen LogP contribution in [0.1, 0.15) is 45.0 Å². The summed E-state index contributed by atoms with van der Waals surface area (Å²) in [4.78, 5) is 27.0. The maximum atomic E-state index is 13.1. The number of benzene rings is 1. The summed E-state index contributed by atoms with van der Waals surface area (Å²) in [6.45, 7) is 3.12. The maximum Gasteiger partial charge on any atom is 0.289 e. The number of amides is 2. The molecule has 9 heteroatoms. The molecule has 2 amide bonds. The predicted molar refractivity (Wildman–Crippen MR) is 113 cm³/mol. The number of hydrogen-bond acceptors (Lipinski definition) is 4. The van der Waals surface area contributed by atoms with Gasteiger partial charge in [0.05, 0.1) is 24.1 Å². The number of hydrogen-bond donors (Lipinski definition) is 1. The first-order chi connectivity index (χ1) is 14.9.